The standard InChI is InChI=1S/C9H9.Na/c1-2-5-9-7-3-6-8(9)4-1;/h1-2,4-6H,3,7H2;. The third-order valence-corrected chi connectivity index (χ3v) is 3.63. The van der Waals surface area contributed by atoms with E-state index in [0.29, 0.717) is 0 Å². The Balaban J connectivity index is 2.51. The fourth-order valence-corrected chi connectivity index (χ4v) is 2.62. The second-order valence-electron chi connectivity index (χ2n) is 3.14. The van der Waals surface area contributed by atoms with Gasteiger partial charge in [0.25, 0.3) is 0 Å². The number of benzene rings is 1. The van der Waals surface area contributed by atoms with E-state index in [2.05, 4.69) is 24.3 Å². The molecule has 0 amide bonds. The van der Waals surface area contributed by atoms with Gasteiger partial charge in [-0.25, -0.2) is 0 Å². The van der Waals surface area contributed by atoms with Crippen molar-refractivity contribution >= 4 is 27.9 Å². The van der Waals surface area contributed by atoms with Gasteiger partial charge in [-0.05, 0) is 0 Å². The molecule has 0 saturated heterocycles. The van der Waals surface area contributed by atoms with Crippen LogP contribution in [0.15, 0.2) is 24.3 Å². The molecule has 46 valence electrons. The van der Waals surface area contributed by atoms with Gasteiger partial charge in [-0.3, -0.25) is 0 Å². The molecular weight excluding hydrogens is 131 g/mol. The molecule has 0 bridgehead atoms. The molecule has 0 nitrogen and oxygen atoms in total. The first-order valence-electron chi connectivity index (χ1n) is 3.96. The average molecular weight is 140 g/mol. The van der Waals surface area contributed by atoms with Crippen LogP contribution in [0.25, 0.3) is 0 Å². The molecule has 0 aromatic heterocycles. The number of hydrogen-bond donors (Lipinski definition) is 0. The first-order chi connectivity index (χ1) is 4.88. The van der Waals surface area contributed by atoms with E-state index in [-0.39, 0.29) is 0 Å². The maximum atomic E-state index is 2.29. The first-order valence-corrected chi connectivity index (χ1v) is 5.11. The molecule has 1 aliphatic carbocycles. The van der Waals surface area contributed by atoms with E-state index in [1.54, 1.807) is 11.1 Å². The molecular formula is C9H9Na. The molecule has 1 aliphatic rings. The Bertz CT molecular complexity index is 242. The fraction of sp³-hybridized carbons (Fsp3) is 0.333. The first kappa shape index (κ1) is 6.90. The molecule has 0 aliphatic heterocycles. The van der Waals surface area contributed by atoms with Crippen LogP contribution in [-0.4, -0.2) is 27.9 Å². The summed E-state index contributed by atoms with van der Waals surface area (Å²) in [5.74, 6) is 0. The molecule has 1 aromatic carbocycles. The van der Waals surface area contributed by atoms with Crippen molar-refractivity contribution in [3.63, 3.8) is 0 Å². The van der Waals surface area contributed by atoms with E-state index in [1.165, 1.54) is 40.8 Å². The molecule has 0 N–H and O–H groups in total. The van der Waals surface area contributed by atoms with Crippen molar-refractivity contribution in [2.75, 3.05) is 0 Å². The zero-order valence-corrected chi connectivity index (χ0v) is 8.30. The van der Waals surface area contributed by atoms with Crippen molar-refractivity contribution < 1.29 is 0 Å². The van der Waals surface area contributed by atoms with Crippen LogP contribution in [0.5, 0.6) is 0 Å². The van der Waals surface area contributed by atoms with Crippen LogP contribution >= 0.6 is 0 Å². The quantitative estimate of drug-likeness (QED) is 0.482. The van der Waals surface area contributed by atoms with Crippen LogP contribution < -0.4 is 0 Å². The van der Waals surface area contributed by atoms with Crippen LogP contribution in [0.3, 0.4) is 0 Å². The number of fused-ring (bicyclic) bond motifs is 1. The molecule has 1 atom stereocenters. The van der Waals surface area contributed by atoms with Gasteiger partial charge in [0.15, 0.2) is 0 Å². The van der Waals surface area contributed by atoms with Gasteiger partial charge in [-0.15, -0.1) is 0 Å². The second-order valence-corrected chi connectivity index (χ2v) is 4.53. The van der Waals surface area contributed by atoms with Crippen LogP contribution in [0, 0.1) is 0 Å². The van der Waals surface area contributed by atoms with Crippen LogP contribution in [0.4, 0.5) is 0 Å². The molecule has 1 heteroatoms. The average Bonchev–Trinajstić information content (AvgIpc) is 2.34. The van der Waals surface area contributed by atoms with Crippen LogP contribution in [0.1, 0.15) is 20.7 Å². The van der Waals surface area contributed by atoms with E-state index in [0.717, 1.165) is 3.17 Å². The summed E-state index contributed by atoms with van der Waals surface area (Å²) in [5, 5.41) is 0. The van der Waals surface area contributed by atoms with Gasteiger partial charge >= 0.3 is 79.3 Å². The Labute approximate surface area is 79.1 Å². The van der Waals surface area contributed by atoms with Crippen molar-refractivity contribution in [1.82, 2.24) is 0 Å². The summed E-state index contributed by atoms with van der Waals surface area (Å²) in [5.41, 5.74) is 3.23. The van der Waals surface area contributed by atoms with E-state index < -0.39 is 0 Å². The van der Waals surface area contributed by atoms with Crippen molar-refractivity contribution in [2.45, 2.75) is 16.0 Å². The molecule has 10 heavy (non-hydrogen) atoms. The zero-order chi connectivity index (χ0) is 6.97. The van der Waals surface area contributed by atoms with Gasteiger partial charge in [0.1, 0.15) is 0 Å². The Morgan fingerprint density at radius 1 is 1.30 bits per heavy atom. The summed E-state index contributed by atoms with van der Waals surface area (Å²) in [7, 11) is 0. The van der Waals surface area contributed by atoms with Gasteiger partial charge in [0, 0.05) is 0 Å². The summed E-state index contributed by atoms with van der Waals surface area (Å²) in [6.45, 7) is 0. The van der Waals surface area contributed by atoms with Gasteiger partial charge in [0.05, 0.1) is 0 Å². The minimum absolute atomic E-state index is 0.941. The Morgan fingerprint density at radius 3 is 2.90 bits per heavy atom. The molecule has 0 radical (unpaired) electrons. The topological polar surface area (TPSA) is 0 Å². The van der Waals surface area contributed by atoms with Gasteiger partial charge in [-0.1, -0.05) is 0 Å². The van der Waals surface area contributed by atoms with Gasteiger partial charge in [-0.2, -0.15) is 0 Å². The summed E-state index contributed by atoms with van der Waals surface area (Å²) in [4.78, 5) is 0. The SMILES string of the molecule is [Na][CH]1CCc2ccccc21. The Morgan fingerprint density at radius 2 is 2.10 bits per heavy atom. The van der Waals surface area contributed by atoms with Crippen molar-refractivity contribution in [3.05, 3.63) is 35.4 Å². The molecule has 0 spiro atoms. The molecule has 0 saturated carbocycles. The van der Waals surface area contributed by atoms with Crippen LogP contribution in [0.2, 0.25) is 0 Å². The van der Waals surface area contributed by atoms with Crippen LogP contribution in [-0.2, 0) is 6.42 Å². The summed E-state index contributed by atoms with van der Waals surface area (Å²) in [6, 6.07) is 8.88. The van der Waals surface area contributed by atoms with E-state index >= 15 is 0 Å². The van der Waals surface area contributed by atoms with Crippen molar-refractivity contribution in [1.29, 1.82) is 0 Å². The minimum atomic E-state index is 0.941. The normalized spacial score (nSPS) is 22.8. The maximum absolute atomic E-state index is 2.29. The number of hydrogen-bond acceptors (Lipinski definition) is 0. The monoisotopic (exact) mass is 140 g/mol. The Kier molecular flexibility index (Phi) is 1.86. The van der Waals surface area contributed by atoms with Crippen molar-refractivity contribution in [3.8, 4) is 0 Å². The third-order valence-electron chi connectivity index (χ3n) is 2.43. The molecule has 2 rings (SSSR count). The summed E-state index contributed by atoms with van der Waals surface area (Å²) >= 11 is 1.33. The summed E-state index contributed by atoms with van der Waals surface area (Å²) in [6.07, 6.45) is 2.73. The van der Waals surface area contributed by atoms with Crippen molar-refractivity contribution in [2.24, 2.45) is 0 Å². The molecule has 1 unspecified atom stereocenters. The number of aryl methyl sites for hydroxylation is 1. The predicted molar refractivity (Wildman–Crippen MR) is 43.3 cm³/mol. The Hall–Kier alpha value is 0.220. The molecule has 1 aromatic rings. The number of rotatable bonds is 0. The molecule has 0 heterocycles. The predicted octanol–water partition coefficient (Wildman–Crippen LogP) is 1.84. The zero-order valence-electron chi connectivity index (χ0n) is 6.30. The van der Waals surface area contributed by atoms with E-state index in [9.17, 15) is 0 Å². The fourth-order valence-electron chi connectivity index (χ4n) is 1.77. The molecule has 0 fully saturated rings. The van der Waals surface area contributed by atoms with Gasteiger partial charge in [0.2, 0.25) is 0 Å². The van der Waals surface area contributed by atoms with E-state index in [4.69, 9.17) is 0 Å². The van der Waals surface area contributed by atoms with Gasteiger partial charge < -0.3 is 0 Å². The third kappa shape index (κ3) is 1.05. The summed E-state index contributed by atoms with van der Waals surface area (Å²) < 4.78 is 0.941. The van der Waals surface area contributed by atoms with E-state index in [1.807, 2.05) is 0 Å². The second kappa shape index (κ2) is 2.69.